The molecule has 8 heteroatoms. The lowest BCUT2D eigenvalue weighted by Gasteiger charge is -2.07. The van der Waals surface area contributed by atoms with Crippen molar-refractivity contribution >= 4 is 51.3 Å². The fraction of sp³-hybridized carbons (Fsp3) is 0.0625. The van der Waals surface area contributed by atoms with Crippen LogP contribution in [0.25, 0.3) is 0 Å². The molecule has 2 aromatic carbocycles. The Kier molecular flexibility index (Phi) is 6.62. The van der Waals surface area contributed by atoms with Crippen LogP contribution in [0.3, 0.4) is 0 Å². The maximum absolute atomic E-state index is 11.7. The SMILES string of the molecule is N#Cc1cc(Br)ccc1OCC(=O)N/N=C\c1ccc(Cl)cc1Cl. The molecule has 122 valence electrons. The maximum Gasteiger partial charge on any atom is 0.277 e. The van der Waals surface area contributed by atoms with Gasteiger partial charge in [0.1, 0.15) is 11.8 Å². The number of nitriles is 1. The molecule has 0 spiro atoms. The number of carbonyl (C=O) groups excluding carboxylic acids is 1. The van der Waals surface area contributed by atoms with Crippen LogP contribution in [0, 0.1) is 11.3 Å². The Morgan fingerprint density at radius 3 is 2.83 bits per heavy atom. The highest BCUT2D eigenvalue weighted by molar-refractivity contribution is 9.10. The summed E-state index contributed by atoms with van der Waals surface area (Å²) in [5.41, 5.74) is 3.25. The average Bonchev–Trinajstić information content (AvgIpc) is 2.55. The van der Waals surface area contributed by atoms with E-state index < -0.39 is 5.91 Å². The summed E-state index contributed by atoms with van der Waals surface area (Å²) in [7, 11) is 0. The predicted molar refractivity (Wildman–Crippen MR) is 96.6 cm³/mol. The summed E-state index contributed by atoms with van der Waals surface area (Å²) < 4.78 is 6.06. The zero-order valence-corrected chi connectivity index (χ0v) is 15.2. The van der Waals surface area contributed by atoms with Crippen LogP contribution in [-0.2, 0) is 4.79 Å². The topological polar surface area (TPSA) is 74.5 Å². The van der Waals surface area contributed by atoms with Crippen molar-refractivity contribution in [3.8, 4) is 11.8 Å². The quantitative estimate of drug-likeness (QED) is 0.576. The molecule has 1 N–H and O–H groups in total. The van der Waals surface area contributed by atoms with Gasteiger partial charge in [0, 0.05) is 15.1 Å². The molecule has 0 aliphatic carbocycles. The second-order valence-corrected chi connectivity index (χ2v) is 6.26. The first-order chi connectivity index (χ1) is 11.5. The fourth-order valence-corrected chi connectivity index (χ4v) is 2.49. The van der Waals surface area contributed by atoms with Crippen molar-refractivity contribution in [1.82, 2.24) is 5.43 Å². The summed E-state index contributed by atoms with van der Waals surface area (Å²) in [4.78, 5) is 11.7. The number of nitrogens with zero attached hydrogens (tertiary/aromatic N) is 2. The van der Waals surface area contributed by atoms with Gasteiger partial charge in [-0.3, -0.25) is 4.79 Å². The van der Waals surface area contributed by atoms with E-state index in [9.17, 15) is 4.79 Å². The highest BCUT2D eigenvalue weighted by Gasteiger charge is 2.07. The number of halogens is 3. The van der Waals surface area contributed by atoms with Crippen LogP contribution in [0.1, 0.15) is 11.1 Å². The fourth-order valence-electron chi connectivity index (χ4n) is 1.67. The first-order valence-electron chi connectivity index (χ1n) is 6.59. The molecule has 0 aliphatic heterocycles. The summed E-state index contributed by atoms with van der Waals surface area (Å²) in [6.45, 7) is -0.276. The summed E-state index contributed by atoms with van der Waals surface area (Å²) in [6, 6.07) is 11.8. The second kappa shape index (κ2) is 8.69. The standard InChI is InChI=1S/C16H10BrCl2N3O2/c17-12-2-4-15(11(5-12)7-20)24-9-16(23)22-21-8-10-1-3-13(18)6-14(10)19/h1-6,8H,9H2,(H,22,23)/b21-8-. The van der Waals surface area contributed by atoms with Gasteiger partial charge in [-0.05, 0) is 30.3 Å². The van der Waals surface area contributed by atoms with Crippen LogP contribution in [0.2, 0.25) is 10.0 Å². The summed E-state index contributed by atoms with van der Waals surface area (Å²) >= 11 is 15.0. The number of hydrogen-bond acceptors (Lipinski definition) is 4. The zero-order valence-electron chi connectivity index (χ0n) is 12.1. The number of rotatable bonds is 5. The van der Waals surface area contributed by atoms with Crippen molar-refractivity contribution in [2.75, 3.05) is 6.61 Å². The molecule has 0 unspecified atom stereocenters. The van der Waals surface area contributed by atoms with Crippen molar-refractivity contribution in [2.45, 2.75) is 0 Å². The van der Waals surface area contributed by atoms with E-state index in [2.05, 4.69) is 26.5 Å². The number of ether oxygens (including phenoxy) is 1. The number of hydrazone groups is 1. The van der Waals surface area contributed by atoms with E-state index in [0.717, 1.165) is 4.47 Å². The molecule has 1 amide bonds. The van der Waals surface area contributed by atoms with Crippen LogP contribution in [0.15, 0.2) is 46.0 Å². The lowest BCUT2D eigenvalue weighted by molar-refractivity contribution is -0.123. The molecular formula is C16H10BrCl2N3O2. The molecular weight excluding hydrogens is 417 g/mol. The molecule has 0 atom stereocenters. The molecule has 0 aliphatic rings. The van der Waals surface area contributed by atoms with Crippen LogP contribution in [0.4, 0.5) is 0 Å². The molecule has 0 saturated heterocycles. The van der Waals surface area contributed by atoms with E-state index in [1.165, 1.54) is 6.21 Å². The third-order valence-electron chi connectivity index (χ3n) is 2.78. The summed E-state index contributed by atoms with van der Waals surface area (Å²) in [6.07, 6.45) is 1.40. The van der Waals surface area contributed by atoms with Crippen molar-refractivity contribution in [3.63, 3.8) is 0 Å². The van der Waals surface area contributed by atoms with Crippen molar-refractivity contribution in [1.29, 1.82) is 5.26 Å². The zero-order chi connectivity index (χ0) is 17.5. The van der Waals surface area contributed by atoms with E-state index in [1.807, 2.05) is 6.07 Å². The third kappa shape index (κ3) is 5.24. The van der Waals surface area contributed by atoms with Gasteiger partial charge in [0.15, 0.2) is 6.61 Å². The van der Waals surface area contributed by atoms with Gasteiger partial charge in [0.25, 0.3) is 5.91 Å². The smallest absolute Gasteiger partial charge is 0.277 e. The molecule has 0 radical (unpaired) electrons. The van der Waals surface area contributed by atoms with E-state index in [-0.39, 0.29) is 6.61 Å². The molecule has 24 heavy (non-hydrogen) atoms. The van der Waals surface area contributed by atoms with Gasteiger partial charge in [-0.1, -0.05) is 45.2 Å². The second-order valence-electron chi connectivity index (χ2n) is 4.50. The minimum absolute atomic E-state index is 0.276. The van der Waals surface area contributed by atoms with Crippen molar-refractivity contribution in [2.24, 2.45) is 5.10 Å². The Morgan fingerprint density at radius 1 is 1.33 bits per heavy atom. The number of carbonyl (C=O) groups is 1. The molecule has 0 saturated carbocycles. The first kappa shape index (κ1) is 18.3. The molecule has 2 aromatic rings. The Labute approximate surface area is 157 Å². The number of hydrogen-bond donors (Lipinski definition) is 1. The molecule has 0 heterocycles. The third-order valence-corrected chi connectivity index (χ3v) is 3.83. The molecule has 5 nitrogen and oxygen atoms in total. The highest BCUT2D eigenvalue weighted by atomic mass is 79.9. The summed E-state index contributed by atoms with van der Waals surface area (Å²) in [5.74, 6) is -0.149. The van der Waals surface area contributed by atoms with Crippen LogP contribution < -0.4 is 10.2 Å². The maximum atomic E-state index is 11.7. The van der Waals surface area contributed by atoms with Crippen LogP contribution in [-0.4, -0.2) is 18.7 Å². The molecule has 0 aromatic heterocycles. The number of nitrogens with one attached hydrogen (secondary N) is 1. The number of benzene rings is 2. The Morgan fingerprint density at radius 2 is 2.12 bits per heavy atom. The Bertz CT molecular complexity index is 835. The van der Waals surface area contributed by atoms with E-state index in [0.29, 0.717) is 26.9 Å². The van der Waals surface area contributed by atoms with Gasteiger partial charge < -0.3 is 4.74 Å². The van der Waals surface area contributed by atoms with Gasteiger partial charge >= 0.3 is 0 Å². The number of amides is 1. The monoisotopic (exact) mass is 425 g/mol. The van der Waals surface area contributed by atoms with Gasteiger partial charge in [-0.2, -0.15) is 10.4 Å². The average molecular weight is 427 g/mol. The van der Waals surface area contributed by atoms with Crippen LogP contribution in [0.5, 0.6) is 5.75 Å². The highest BCUT2D eigenvalue weighted by Crippen LogP contribution is 2.22. The van der Waals surface area contributed by atoms with Crippen LogP contribution >= 0.6 is 39.1 Å². The van der Waals surface area contributed by atoms with Crippen molar-refractivity contribution in [3.05, 3.63) is 62.0 Å². The van der Waals surface area contributed by atoms with E-state index in [1.54, 1.807) is 36.4 Å². The lowest BCUT2D eigenvalue weighted by Crippen LogP contribution is -2.24. The predicted octanol–water partition coefficient (Wildman–Crippen LogP) is 4.16. The Balaban J connectivity index is 1.90. The molecule has 2 rings (SSSR count). The van der Waals surface area contributed by atoms with Gasteiger partial charge in [0.2, 0.25) is 0 Å². The minimum atomic E-state index is -0.469. The van der Waals surface area contributed by atoms with Gasteiger partial charge in [-0.25, -0.2) is 5.43 Å². The lowest BCUT2D eigenvalue weighted by atomic mass is 10.2. The largest absolute Gasteiger partial charge is 0.482 e. The molecule has 0 bridgehead atoms. The first-order valence-corrected chi connectivity index (χ1v) is 8.14. The Hall–Kier alpha value is -2.07. The minimum Gasteiger partial charge on any atom is -0.482 e. The summed E-state index contributed by atoms with van der Waals surface area (Å²) in [5, 5.41) is 13.8. The normalized spacial score (nSPS) is 10.4. The van der Waals surface area contributed by atoms with Gasteiger partial charge in [-0.15, -0.1) is 0 Å². The molecule has 0 fully saturated rings. The van der Waals surface area contributed by atoms with Crippen molar-refractivity contribution < 1.29 is 9.53 Å². The van der Waals surface area contributed by atoms with E-state index in [4.69, 9.17) is 33.2 Å². The van der Waals surface area contributed by atoms with Gasteiger partial charge in [0.05, 0.1) is 16.8 Å². The van der Waals surface area contributed by atoms with E-state index >= 15 is 0 Å².